The fourth-order valence-corrected chi connectivity index (χ4v) is 3.90. The van der Waals surface area contributed by atoms with Crippen molar-refractivity contribution in [3.05, 3.63) is 83.4 Å². The number of amides is 4. The van der Waals surface area contributed by atoms with Crippen LogP contribution in [-0.4, -0.2) is 62.1 Å². The van der Waals surface area contributed by atoms with Gasteiger partial charge in [0.1, 0.15) is 29.5 Å². The number of halogens is 3. The predicted octanol–water partition coefficient (Wildman–Crippen LogP) is 6.09. The molecule has 0 atom stereocenters. The molecule has 11 nitrogen and oxygen atoms in total. The molecule has 0 saturated heterocycles. The van der Waals surface area contributed by atoms with Crippen molar-refractivity contribution in [2.24, 2.45) is 0 Å². The molecule has 0 radical (unpaired) electrons. The minimum Gasteiger partial charge on any atom is -0.495 e. The molecule has 3 N–H and O–H groups in total. The normalized spacial score (nSPS) is 11.2. The van der Waals surface area contributed by atoms with E-state index >= 15 is 0 Å². The Bertz CT molecular complexity index is 1490. The number of carbonyl (C=O) groups excluding carboxylic acids is 3. The first-order valence-corrected chi connectivity index (χ1v) is 14.1. The van der Waals surface area contributed by atoms with E-state index in [1.807, 2.05) is 0 Å². The highest BCUT2D eigenvalue weighted by Crippen LogP contribution is 2.32. The van der Waals surface area contributed by atoms with Crippen molar-refractivity contribution in [3.63, 3.8) is 0 Å². The first kappa shape index (κ1) is 35.3. The van der Waals surface area contributed by atoms with Gasteiger partial charge in [-0.1, -0.05) is 30.3 Å². The van der Waals surface area contributed by atoms with Crippen molar-refractivity contribution >= 4 is 23.7 Å². The summed E-state index contributed by atoms with van der Waals surface area (Å²) in [7, 11) is 2.91. The summed E-state index contributed by atoms with van der Waals surface area (Å²) < 4.78 is 58.1. The number of likely N-dealkylation sites (N-methyl/N-ethyl adjacent to an activating group) is 1. The third-order valence-corrected chi connectivity index (χ3v) is 6.11. The Balaban J connectivity index is 1.50. The van der Waals surface area contributed by atoms with Gasteiger partial charge in [0.2, 0.25) is 0 Å². The Kier molecular flexibility index (Phi) is 12.1. The minimum atomic E-state index is -4.89. The zero-order chi connectivity index (χ0) is 33.9. The molecule has 0 aromatic heterocycles. The van der Waals surface area contributed by atoms with Crippen molar-refractivity contribution < 1.29 is 46.5 Å². The molecule has 0 saturated carbocycles. The largest absolute Gasteiger partial charge is 0.573 e. The summed E-state index contributed by atoms with van der Waals surface area (Å²) in [6.45, 7) is 6.08. The van der Waals surface area contributed by atoms with Crippen molar-refractivity contribution in [3.8, 4) is 17.2 Å². The minimum absolute atomic E-state index is 0.0171. The molecule has 0 bridgehead atoms. The zero-order valence-corrected chi connectivity index (χ0v) is 26.1. The van der Waals surface area contributed by atoms with Gasteiger partial charge in [0.15, 0.2) is 0 Å². The van der Waals surface area contributed by atoms with E-state index < -0.39 is 29.8 Å². The van der Waals surface area contributed by atoms with Gasteiger partial charge in [-0.05, 0) is 56.7 Å². The van der Waals surface area contributed by atoms with Crippen LogP contribution < -0.4 is 30.2 Å². The lowest BCUT2D eigenvalue weighted by molar-refractivity contribution is -0.274. The summed E-state index contributed by atoms with van der Waals surface area (Å²) in [5.41, 5.74) is 1.24. The van der Waals surface area contributed by atoms with Crippen molar-refractivity contribution in [1.29, 1.82) is 0 Å². The van der Waals surface area contributed by atoms with E-state index in [4.69, 9.17) is 14.2 Å². The number of carbonyl (C=O) groups is 3. The number of nitrogens with one attached hydrogen (secondary N) is 3. The lowest BCUT2D eigenvalue weighted by atomic mass is 10.1. The van der Waals surface area contributed by atoms with E-state index in [1.165, 1.54) is 18.1 Å². The fraction of sp³-hybridized carbons (Fsp3) is 0.344. The molecule has 0 aliphatic rings. The van der Waals surface area contributed by atoms with E-state index in [1.54, 1.807) is 76.3 Å². The van der Waals surface area contributed by atoms with Crippen LogP contribution in [0.5, 0.6) is 17.2 Å². The van der Waals surface area contributed by atoms with Crippen LogP contribution in [0.3, 0.4) is 0 Å². The van der Waals surface area contributed by atoms with E-state index in [0.717, 1.165) is 17.7 Å². The molecule has 46 heavy (non-hydrogen) atoms. The molecular formula is C32H37F3N4O7. The summed E-state index contributed by atoms with van der Waals surface area (Å²) in [5, 5.41) is 7.88. The lowest BCUT2D eigenvalue weighted by Gasteiger charge is -2.24. The molecule has 0 fully saturated rings. The number of para-hydroxylation sites is 1. The van der Waals surface area contributed by atoms with E-state index in [2.05, 4.69) is 20.7 Å². The quantitative estimate of drug-likeness (QED) is 0.217. The van der Waals surface area contributed by atoms with Crippen LogP contribution in [0.1, 0.15) is 42.3 Å². The zero-order valence-electron chi connectivity index (χ0n) is 26.1. The summed E-state index contributed by atoms with van der Waals surface area (Å²) in [6, 6.07) is 16.5. The van der Waals surface area contributed by atoms with Gasteiger partial charge in [0.05, 0.1) is 12.8 Å². The Morgan fingerprint density at radius 2 is 1.59 bits per heavy atom. The summed E-state index contributed by atoms with van der Waals surface area (Å²) in [6.07, 6.45) is -5.37. The van der Waals surface area contributed by atoms with Crippen LogP contribution in [0.2, 0.25) is 0 Å². The number of urea groups is 1. The third kappa shape index (κ3) is 11.7. The summed E-state index contributed by atoms with van der Waals surface area (Å²) >= 11 is 0. The Morgan fingerprint density at radius 3 is 2.24 bits per heavy atom. The van der Waals surface area contributed by atoms with Crippen LogP contribution in [-0.2, 0) is 17.9 Å². The number of alkyl halides is 3. The highest BCUT2D eigenvalue weighted by molar-refractivity contribution is 5.94. The molecule has 3 aromatic carbocycles. The Morgan fingerprint density at radius 1 is 0.891 bits per heavy atom. The molecule has 248 valence electrons. The highest BCUT2D eigenvalue weighted by Gasteiger charge is 2.31. The molecule has 0 aliphatic heterocycles. The van der Waals surface area contributed by atoms with Gasteiger partial charge in [-0.3, -0.25) is 4.79 Å². The Labute approximate surface area is 264 Å². The van der Waals surface area contributed by atoms with Gasteiger partial charge in [-0.2, -0.15) is 0 Å². The molecule has 3 aromatic rings. The van der Waals surface area contributed by atoms with Gasteiger partial charge in [0.25, 0.3) is 5.91 Å². The van der Waals surface area contributed by atoms with Crippen LogP contribution in [0.15, 0.2) is 66.7 Å². The second kappa shape index (κ2) is 15.7. The molecule has 0 heterocycles. The van der Waals surface area contributed by atoms with Gasteiger partial charge in [-0.25, -0.2) is 9.59 Å². The lowest BCUT2D eigenvalue weighted by Crippen LogP contribution is -2.39. The molecule has 14 heteroatoms. The second-order valence-corrected chi connectivity index (χ2v) is 11.0. The average Bonchev–Trinajstić information content (AvgIpc) is 2.98. The van der Waals surface area contributed by atoms with Crippen molar-refractivity contribution in [2.45, 2.75) is 45.9 Å². The summed E-state index contributed by atoms with van der Waals surface area (Å²) in [4.78, 5) is 38.5. The Hall–Kier alpha value is -5.14. The van der Waals surface area contributed by atoms with Crippen molar-refractivity contribution in [2.75, 3.05) is 32.6 Å². The van der Waals surface area contributed by atoms with Crippen LogP contribution in [0.4, 0.5) is 28.4 Å². The molecule has 3 rings (SSSR count). The van der Waals surface area contributed by atoms with E-state index in [9.17, 15) is 27.6 Å². The van der Waals surface area contributed by atoms with Crippen LogP contribution in [0, 0.1) is 0 Å². The molecule has 0 unspecified atom stereocenters. The first-order chi connectivity index (χ1) is 21.6. The maximum absolute atomic E-state index is 12.6. The van der Waals surface area contributed by atoms with Gasteiger partial charge in [0, 0.05) is 43.9 Å². The number of hydrogen-bond donors (Lipinski definition) is 3. The standard InChI is InChI=1S/C32H37F3N4O7/c1-31(2,3)46-30(42)39(4)17-16-36-28(40)22-12-10-21(11-13-22)20-44-26-9-7-6-8-23(26)19-37-29(41)38-25-18-24(45-32(33,34)35)14-15-27(25)43-5/h6-15,18H,16-17,19-20H2,1-5H3,(H,36,40)(H2,37,38,41). The van der Waals surface area contributed by atoms with Crippen LogP contribution >= 0.6 is 0 Å². The number of ether oxygens (including phenoxy) is 4. The maximum Gasteiger partial charge on any atom is 0.573 e. The SMILES string of the molecule is COc1ccc(OC(F)(F)F)cc1NC(=O)NCc1ccccc1OCc1ccc(C(=O)NCCN(C)C(=O)OC(C)(C)C)cc1. The smallest absolute Gasteiger partial charge is 0.495 e. The number of nitrogens with zero attached hydrogens (tertiary/aromatic N) is 1. The first-order valence-electron chi connectivity index (χ1n) is 14.1. The summed E-state index contributed by atoms with van der Waals surface area (Å²) in [5.74, 6) is -0.171. The van der Waals surface area contributed by atoms with E-state index in [-0.39, 0.29) is 43.6 Å². The maximum atomic E-state index is 12.6. The predicted molar refractivity (Wildman–Crippen MR) is 164 cm³/mol. The number of methoxy groups -OCH3 is 1. The van der Waals surface area contributed by atoms with Crippen molar-refractivity contribution in [1.82, 2.24) is 15.5 Å². The number of rotatable bonds is 12. The molecule has 0 spiro atoms. The van der Waals surface area contributed by atoms with E-state index in [0.29, 0.717) is 16.9 Å². The average molecular weight is 647 g/mol. The van der Waals surface area contributed by atoms with Crippen LogP contribution in [0.25, 0.3) is 0 Å². The molecule has 4 amide bonds. The molecule has 0 aliphatic carbocycles. The monoisotopic (exact) mass is 646 g/mol. The van der Waals surface area contributed by atoms with Gasteiger partial charge in [-0.15, -0.1) is 13.2 Å². The molecular weight excluding hydrogens is 609 g/mol. The third-order valence-electron chi connectivity index (χ3n) is 6.11. The number of anilines is 1. The number of hydrogen-bond acceptors (Lipinski definition) is 7. The topological polar surface area (TPSA) is 127 Å². The van der Waals surface area contributed by atoms with Gasteiger partial charge >= 0.3 is 18.5 Å². The fourth-order valence-electron chi connectivity index (χ4n) is 3.90. The highest BCUT2D eigenvalue weighted by atomic mass is 19.4. The number of benzene rings is 3. The second-order valence-electron chi connectivity index (χ2n) is 11.0. The van der Waals surface area contributed by atoms with Gasteiger partial charge < -0.3 is 39.8 Å².